The van der Waals surface area contributed by atoms with Gasteiger partial charge in [0.05, 0.1) is 11.3 Å². The molecule has 0 bridgehead atoms. The van der Waals surface area contributed by atoms with Crippen molar-refractivity contribution >= 4 is 28.3 Å². The lowest BCUT2D eigenvalue weighted by Gasteiger charge is -2.15. The van der Waals surface area contributed by atoms with Gasteiger partial charge in [0.25, 0.3) is 5.91 Å². The molecule has 0 saturated heterocycles. The summed E-state index contributed by atoms with van der Waals surface area (Å²) in [6.07, 6.45) is 1.08. The number of anilines is 1. The Morgan fingerprint density at radius 1 is 1.26 bits per heavy atom. The number of carbonyl (C=O) groups is 2. The number of nitrogens with one attached hydrogen (secondary N) is 2. The Kier molecular flexibility index (Phi) is 5.66. The molecule has 0 aliphatic rings. The van der Waals surface area contributed by atoms with Crippen LogP contribution in [0.25, 0.3) is 11.4 Å². The van der Waals surface area contributed by atoms with Gasteiger partial charge in [0.1, 0.15) is 5.82 Å². The molecule has 2 aromatic heterocycles. The second-order valence-electron chi connectivity index (χ2n) is 6.00. The fraction of sp³-hybridized carbons (Fsp3) is 0.263. The van der Waals surface area contributed by atoms with Crippen LogP contribution < -0.4 is 5.32 Å². The first-order valence-corrected chi connectivity index (χ1v) is 9.41. The topological polar surface area (TPSA) is 97.0 Å². The number of nitrogens with zero attached hydrogens (tertiary/aromatic N) is 2. The molecule has 0 aliphatic heterocycles. The van der Waals surface area contributed by atoms with Crippen LogP contribution in [-0.4, -0.2) is 32.9 Å². The van der Waals surface area contributed by atoms with Crippen LogP contribution in [0.5, 0.6) is 0 Å². The molecule has 1 atom stereocenters. The van der Waals surface area contributed by atoms with E-state index < -0.39 is 12.1 Å². The number of aromatic amines is 1. The van der Waals surface area contributed by atoms with Crippen LogP contribution in [-0.2, 0) is 9.53 Å². The van der Waals surface area contributed by atoms with Crippen molar-refractivity contribution in [2.75, 3.05) is 5.32 Å². The molecule has 0 radical (unpaired) electrons. The number of esters is 1. The van der Waals surface area contributed by atoms with Crippen molar-refractivity contribution in [1.29, 1.82) is 0 Å². The number of rotatable bonds is 6. The molecule has 8 heteroatoms. The number of amides is 1. The molecule has 0 saturated carbocycles. The number of hydrogen-bond donors (Lipinski definition) is 2. The lowest BCUT2D eigenvalue weighted by molar-refractivity contribution is -0.124. The first-order chi connectivity index (χ1) is 13.0. The predicted octanol–water partition coefficient (Wildman–Crippen LogP) is 3.72. The summed E-state index contributed by atoms with van der Waals surface area (Å²) in [6.45, 7) is 5.67. The number of hydrogen-bond acceptors (Lipinski definition) is 6. The first-order valence-electron chi connectivity index (χ1n) is 8.53. The van der Waals surface area contributed by atoms with Gasteiger partial charge in [0.2, 0.25) is 0 Å². The van der Waals surface area contributed by atoms with Crippen LogP contribution in [0.15, 0.2) is 35.8 Å². The van der Waals surface area contributed by atoms with Gasteiger partial charge in [-0.25, -0.2) is 14.8 Å². The zero-order valence-electron chi connectivity index (χ0n) is 15.3. The summed E-state index contributed by atoms with van der Waals surface area (Å²) in [7, 11) is 0. The Bertz CT molecular complexity index is 913. The molecule has 3 rings (SSSR count). The molecular formula is C19H20N4O3S. The minimum Gasteiger partial charge on any atom is -0.449 e. The van der Waals surface area contributed by atoms with Gasteiger partial charge in [-0.1, -0.05) is 19.1 Å². The second kappa shape index (κ2) is 8.13. The van der Waals surface area contributed by atoms with Gasteiger partial charge in [0.15, 0.2) is 11.2 Å². The molecule has 2 N–H and O–H groups in total. The van der Waals surface area contributed by atoms with Gasteiger partial charge >= 0.3 is 5.97 Å². The summed E-state index contributed by atoms with van der Waals surface area (Å²) in [5.74, 6) is -0.187. The van der Waals surface area contributed by atoms with Crippen molar-refractivity contribution < 1.29 is 14.3 Å². The third kappa shape index (κ3) is 4.40. The second-order valence-corrected chi connectivity index (χ2v) is 6.90. The molecule has 0 aliphatic carbocycles. The highest BCUT2D eigenvalue weighted by molar-refractivity contribution is 7.13. The average Bonchev–Trinajstić information content (AvgIpc) is 3.29. The van der Waals surface area contributed by atoms with Crippen LogP contribution in [0, 0.1) is 13.8 Å². The molecular weight excluding hydrogens is 364 g/mol. The Hall–Kier alpha value is -3.00. The van der Waals surface area contributed by atoms with Crippen molar-refractivity contribution in [3.05, 3.63) is 52.8 Å². The molecule has 2 heterocycles. The van der Waals surface area contributed by atoms with E-state index in [0.717, 1.165) is 22.8 Å². The quantitative estimate of drug-likeness (QED) is 0.631. The summed E-state index contributed by atoms with van der Waals surface area (Å²) in [6, 6.07) is 6.92. The van der Waals surface area contributed by atoms with Crippen LogP contribution in [0.2, 0.25) is 0 Å². The number of carbonyl (C=O) groups excluding carboxylic acids is 2. The van der Waals surface area contributed by atoms with E-state index in [1.807, 2.05) is 13.8 Å². The van der Waals surface area contributed by atoms with Crippen molar-refractivity contribution in [2.24, 2.45) is 0 Å². The van der Waals surface area contributed by atoms with Crippen LogP contribution in [0.3, 0.4) is 0 Å². The minimum absolute atomic E-state index is 0.367. The van der Waals surface area contributed by atoms with Gasteiger partial charge < -0.3 is 9.72 Å². The average molecular weight is 384 g/mol. The van der Waals surface area contributed by atoms with Gasteiger partial charge in [0, 0.05) is 22.8 Å². The first kappa shape index (κ1) is 18.8. The molecule has 3 aromatic rings. The number of H-pyrrole nitrogens is 1. The van der Waals surface area contributed by atoms with Crippen molar-refractivity contribution in [1.82, 2.24) is 15.0 Å². The number of benzene rings is 1. The van der Waals surface area contributed by atoms with E-state index in [0.29, 0.717) is 17.1 Å². The molecule has 27 heavy (non-hydrogen) atoms. The maximum atomic E-state index is 12.4. The van der Waals surface area contributed by atoms with Crippen molar-refractivity contribution in [3.8, 4) is 11.4 Å². The van der Waals surface area contributed by atoms with Gasteiger partial charge in [-0.2, -0.15) is 0 Å². The summed E-state index contributed by atoms with van der Waals surface area (Å²) in [4.78, 5) is 36.3. The Balaban J connectivity index is 1.66. The molecule has 0 fully saturated rings. The lowest BCUT2D eigenvalue weighted by atomic mass is 10.1. The standard InChI is InChI=1S/C19H20N4O3S/c1-4-15(17(24)23-19-20-9-10-27-19)26-18(25)14-7-5-13(6-8-14)16-21-11(2)12(3)22-16/h5-10,15H,4H2,1-3H3,(H,21,22)(H,20,23,24). The maximum absolute atomic E-state index is 12.4. The smallest absolute Gasteiger partial charge is 0.338 e. The number of aromatic nitrogens is 3. The number of thiazole rings is 1. The third-order valence-electron chi connectivity index (χ3n) is 4.10. The molecule has 7 nitrogen and oxygen atoms in total. The Morgan fingerprint density at radius 3 is 2.56 bits per heavy atom. The predicted molar refractivity (Wildman–Crippen MR) is 104 cm³/mol. The van der Waals surface area contributed by atoms with Gasteiger partial charge in [-0.3, -0.25) is 10.1 Å². The molecule has 1 unspecified atom stereocenters. The van der Waals surface area contributed by atoms with Gasteiger partial charge in [-0.05, 0) is 32.4 Å². The number of aryl methyl sites for hydroxylation is 2. The molecule has 0 spiro atoms. The van der Waals surface area contributed by atoms with Crippen LogP contribution in [0.1, 0.15) is 35.1 Å². The van der Waals surface area contributed by atoms with Crippen LogP contribution >= 0.6 is 11.3 Å². The third-order valence-corrected chi connectivity index (χ3v) is 4.79. The fourth-order valence-electron chi connectivity index (χ4n) is 2.44. The van der Waals surface area contributed by atoms with Gasteiger partial charge in [-0.15, -0.1) is 11.3 Å². The summed E-state index contributed by atoms with van der Waals surface area (Å²) < 4.78 is 5.37. The number of imidazole rings is 1. The van der Waals surface area contributed by atoms with E-state index in [1.54, 1.807) is 42.8 Å². The van der Waals surface area contributed by atoms with E-state index >= 15 is 0 Å². The van der Waals surface area contributed by atoms with E-state index in [-0.39, 0.29) is 5.91 Å². The number of ether oxygens (including phenoxy) is 1. The largest absolute Gasteiger partial charge is 0.449 e. The van der Waals surface area contributed by atoms with E-state index in [2.05, 4.69) is 20.3 Å². The fourth-order valence-corrected chi connectivity index (χ4v) is 2.97. The van der Waals surface area contributed by atoms with Crippen molar-refractivity contribution in [3.63, 3.8) is 0 Å². The SMILES string of the molecule is CCC(OC(=O)c1ccc(-c2nc(C)c(C)[nH]2)cc1)C(=O)Nc1nccs1. The monoisotopic (exact) mass is 384 g/mol. The Labute approximate surface area is 160 Å². The zero-order valence-corrected chi connectivity index (χ0v) is 16.1. The highest BCUT2D eigenvalue weighted by Gasteiger charge is 2.22. The van der Waals surface area contributed by atoms with E-state index in [1.165, 1.54) is 11.3 Å². The zero-order chi connectivity index (χ0) is 19.4. The summed E-state index contributed by atoms with van der Waals surface area (Å²) in [5, 5.41) is 4.88. The highest BCUT2D eigenvalue weighted by Crippen LogP contribution is 2.19. The normalized spacial score (nSPS) is 11.8. The maximum Gasteiger partial charge on any atom is 0.338 e. The minimum atomic E-state index is -0.878. The highest BCUT2D eigenvalue weighted by atomic mass is 32.1. The van der Waals surface area contributed by atoms with Crippen molar-refractivity contribution in [2.45, 2.75) is 33.3 Å². The van der Waals surface area contributed by atoms with Crippen LogP contribution in [0.4, 0.5) is 5.13 Å². The molecule has 140 valence electrons. The molecule has 1 amide bonds. The summed E-state index contributed by atoms with van der Waals surface area (Å²) in [5.41, 5.74) is 3.19. The van der Waals surface area contributed by atoms with E-state index in [4.69, 9.17) is 4.74 Å². The molecule has 1 aromatic carbocycles. The van der Waals surface area contributed by atoms with E-state index in [9.17, 15) is 9.59 Å². The summed E-state index contributed by atoms with van der Waals surface area (Å²) >= 11 is 1.30. The Morgan fingerprint density at radius 2 is 2.00 bits per heavy atom. The lowest BCUT2D eigenvalue weighted by Crippen LogP contribution is -2.32.